The SMILES string of the molecule is C#CC1(C)OC(C)OC1(C)C. The van der Waals surface area contributed by atoms with Gasteiger partial charge < -0.3 is 9.47 Å². The summed E-state index contributed by atoms with van der Waals surface area (Å²) in [7, 11) is 0. The first-order chi connectivity index (χ1) is 4.91. The Morgan fingerprint density at radius 1 is 1.27 bits per heavy atom. The smallest absolute Gasteiger partial charge is 0.157 e. The molecule has 1 saturated heterocycles. The van der Waals surface area contributed by atoms with Crippen molar-refractivity contribution in [2.75, 3.05) is 0 Å². The molecule has 0 spiro atoms. The van der Waals surface area contributed by atoms with E-state index in [0.717, 1.165) is 0 Å². The summed E-state index contributed by atoms with van der Waals surface area (Å²) in [5, 5.41) is 0. The Labute approximate surface area is 67.9 Å². The van der Waals surface area contributed by atoms with Crippen LogP contribution in [-0.4, -0.2) is 17.5 Å². The van der Waals surface area contributed by atoms with E-state index in [1.165, 1.54) is 0 Å². The molecule has 0 aliphatic carbocycles. The lowest BCUT2D eigenvalue weighted by atomic mass is 9.89. The Bertz CT molecular complexity index is 202. The average molecular weight is 154 g/mol. The summed E-state index contributed by atoms with van der Waals surface area (Å²) < 4.78 is 10.9. The average Bonchev–Trinajstić information content (AvgIpc) is 2.03. The minimum atomic E-state index is -0.591. The van der Waals surface area contributed by atoms with Crippen LogP contribution in [0.2, 0.25) is 0 Å². The van der Waals surface area contributed by atoms with Crippen LogP contribution in [0.15, 0.2) is 0 Å². The fraction of sp³-hybridized carbons (Fsp3) is 0.778. The summed E-state index contributed by atoms with van der Waals surface area (Å²) in [6.45, 7) is 7.60. The van der Waals surface area contributed by atoms with Crippen LogP contribution >= 0.6 is 0 Å². The maximum absolute atomic E-state index is 5.49. The molecule has 1 rings (SSSR count). The zero-order valence-corrected chi connectivity index (χ0v) is 7.47. The topological polar surface area (TPSA) is 18.5 Å². The lowest BCUT2D eigenvalue weighted by Crippen LogP contribution is -2.43. The van der Waals surface area contributed by atoms with Crippen molar-refractivity contribution in [2.24, 2.45) is 0 Å². The summed E-state index contributed by atoms with van der Waals surface area (Å²) in [6.07, 6.45) is 5.15. The van der Waals surface area contributed by atoms with E-state index in [1.807, 2.05) is 27.7 Å². The van der Waals surface area contributed by atoms with Crippen molar-refractivity contribution >= 4 is 0 Å². The van der Waals surface area contributed by atoms with E-state index in [2.05, 4.69) is 5.92 Å². The second-order valence-electron chi connectivity index (χ2n) is 3.49. The molecule has 62 valence electrons. The van der Waals surface area contributed by atoms with Crippen molar-refractivity contribution in [1.82, 2.24) is 0 Å². The molecule has 2 atom stereocenters. The predicted octanol–water partition coefficient (Wildman–Crippen LogP) is 1.55. The van der Waals surface area contributed by atoms with E-state index in [0.29, 0.717) is 0 Å². The number of hydrogen-bond acceptors (Lipinski definition) is 2. The molecular weight excluding hydrogens is 140 g/mol. The molecule has 2 unspecified atom stereocenters. The Morgan fingerprint density at radius 2 is 1.82 bits per heavy atom. The number of terminal acetylenes is 1. The molecule has 0 radical (unpaired) electrons. The van der Waals surface area contributed by atoms with Gasteiger partial charge in [0.25, 0.3) is 0 Å². The van der Waals surface area contributed by atoms with Crippen LogP contribution in [0.5, 0.6) is 0 Å². The van der Waals surface area contributed by atoms with Gasteiger partial charge in [-0.2, -0.15) is 0 Å². The number of hydrogen-bond donors (Lipinski definition) is 0. The third-order valence-corrected chi connectivity index (χ3v) is 2.29. The number of rotatable bonds is 0. The number of ether oxygens (including phenoxy) is 2. The second kappa shape index (κ2) is 2.23. The molecule has 0 saturated carbocycles. The Hall–Kier alpha value is -0.520. The normalized spacial score (nSPS) is 41.9. The van der Waals surface area contributed by atoms with Crippen LogP contribution in [0.1, 0.15) is 27.7 Å². The maximum Gasteiger partial charge on any atom is 0.157 e. The molecule has 2 nitrogen and oxygen atoms in total. The first-order valence-electron chi connectivity index (χ1n) is 3.75. The van der Waals surface area contributed by atoms with E-state index >= 15 is 0 Å². The van der Waals surface area contributed by atoms with Crippen molar-refractivity contribution in [1.29, 1.82) is 0 Å². The fourth-order valence-corrected chi connectivity index (χ4v) is 1.23. The van der Waals surface area contributed by atoms with Gasteiger partial charge in [-0.15, -0.1) is 6.42 Å². The van der Waals surface area contributed by atoms with Crippen LogP contribution < -0.4 is 0 Å². The summed E-state index contributed by atoms with van der Waals surface area (Å²) in [5.41, 5.74) is -0.979. The lowest BCUT2D eigenvalue weighted by Gasteiger charge is -2.29. The van der Waals surface area contributed by atoms with Gasteiger partial charge in [0.2, 0.25) is 0 Å². The highest BCUT2D eigenvalue weighted by molar-refractivity contribution is 5.16. The van der Waals surface area contributed by atoms with Gasteiger partial charge in [0.15, 0.2) is 11.9 Å². The first-order valence-corrected chi connectivity index (χ1v) is 3.75. The third kappa shape index (κ3) is 1.15. The van der Waals surface area contributed by atoms with Crippen molar-refractivity contribution < 1.29 is 9.47 Å². The second-order valence-corrected chi connectivity index (χ2v) is 3.49. The highest BCUT2D eigenvalue weighted by Crippen LogP contribution is 2.37. The van der Waals surface area contributed by atoms with Gasteiger partial charge in [-0.05, 0) is 27.7 Å². The summed E-state index contributed by atoms with van der Waals surface area (Å²) in [6, 6.07) is 0. The molecular formula is C9H14O2. The fourth-order valence-electron chi connectivity index (χ4n) is 1.23. The van der Waals surface area contributed by atoms with Crippen molar-refractivity contribution in [3.63, 3.8) is 0 Å². The van der Waals surface area contributed by atoms with Gasteiger partial charge in [-0.1, -0.05) is 5.92 Å². The maximum atomic E-state index is 5.49. The van der Waals surface area contributed by atoms with E-state index < -0.39 is 5.60 Å². The standard InChI is InChI=1S/C9H14O2/c1-6-9(5)8(3,4)10-7(2)11-9/h1,7H,2-5H3. The molecule has 1 heterocycles. The Morgan fingerprint density at radius 3 is 2.00 bits per heavy atom. The van der Waals surface area contributed by atoms with Crippen LogP contribution in [0.4, 0.5) is 0 Å². The molecule has 0 aromatic heterocycles. The van der Waals surface area contributed by atoms with Crippen LogP contribution in [-0.2, 0) is 9.47 Å². The zero-order valence-electron chi connectivity index (χ0n) is 7.47. The van der Waals surface area contributed by atoms with E-state index in [9.17, 15) is 0 Å². The zero-order chi connectivity index (χ0) is 8.70. The third-order valence-electron chi connectivity index (χ3n) is 2.29. The molecule has 1 fully saturated rings. The van der Waals surface area contributed by atoms with E-state index in [4.69, 9.17) is 15.9 Å². The van der Waals surface area contributed by atoms with Gasteiger partial charge in [0.05, 0.1) is 0 Å². The van der Waals surface area contributed by atoms with Gasteiger partial charge >= 0.3 is 0 Å². The first kappa shape index (κ1) is 8.58. The Kier molecular flexibility index (Phi) is 1.74. The molecule has 0 aromatic carbocycles. The molecule has 0 amide bonds. The van der Waals surface area contributed by atoms with Crippen molar-refractivity contribution in [2.45, 2.75) is 45.2 Å². The van der Waals surface area contributed by atoms with Crippen molar-refractivity contribution in [3.05, 3.63) is 0 Å². The monoisotopic (exact) mass is 154 g/mol. The highest BCUT2D eigenvalue weighted by atomic mass is 16.7. The van der Waals surface area contributed by atoms with Gasteiger partial charge in [-0.25, -0.2) is 0 Å². The quantitative estimate of drug-likeness (QED) is 0.493. The molecule has 2 heteroatoms. The molecule has 0 N–H and O–H groups in total. The van der Waals surface area contributed by atoms with E-state index in [1.54, 1.807) is 0 Å². The van der Waals surface area contributed by atoms with Crippen LogP contribution in [0.3, 0.4) is 0 Å². The largest absolute Gasteiger partial charge is 0.343 e. The summed E-state index contributed by atoms with van der Waals surface area (Å²) >= 11 is 0. The van der Waals surface area contributed by atoms with Crippen molar-refractivity contribution in [3.8, 4) is 12.3 Å². The van der Waals surface area contributed by atoms with Crippen LogP contribution in [0, 0.1) is 12.3 Å². The van der Waals surface area contributed by atoms with Gasteiger partial charge in [0, 0.05) is 0 Å². The van der Waals surface area contributed by atoms with Gasteiger partial charge in [-0.3, -0.25) is 0 Å². The minimum absolute atomic E-state index is 0.203. The molecule has 11 heavy (non-hydrogen) atoms. The molecule has 0 bridgehead atoms. The molecule has 1 aliphatic heterocycles. The van der Waals surface area contributed by atoms with E-state index in [-0.39, 0.29) is 11.9 Å². The van der Waals surface area contributed by atoms with Gasteiger partial charge in [0.1, 0.15) is 5.60 Å². The Balaban J connectivity index is 2.92. The van der Waals surface area contributed by atoms with Crippen LogP contribution in [0.25, 0.3) is 0 Å². The summed E-state index contributed by atoms with van der Waals surface area (Å²) in [5.74, 6) is 2.61. The summed E-state index contributed by atoms with van der Waals surface area (Å²) in [4.78, 5) is 0. The minimum Gasteiger partial charge on any atom is -0.343 e. The lowest BCUT2D eigenvalue weighted by molar-refractivity contribution is -0.0686. The highest BCUT2D eigenvalue weighted by Gasteiger charge is 2.50. The predicted molar refractivity (Wildman–Crippen MR) is 42.9 cm³/mol. The molecule has 0 aromatic rings. The molecule has 1 aliphatic rings.